The van der Waals surface area contributed by atoms with Crippen molar-refractivity contribution in [1.29, 1.82) is 0 Å². The molecule has 0 bridgehead atoms. The first-order chi connectivity index (χ1) is 12.1. The third kappa shape index (κ3) is 2.93. The number of fused-ring (bicyclic) bond motifs is 3. The van der Waals surface area contributed by atoms with Gasteiger partial charge < -0.3 is 14.6 Å². The van der Waals surface area contributed by atoms with Crippen molar-refractivity contribution in [2.45, 2.75) is 13.3 Å². The lowest BCUT2D eigenvalue weighted by atomic mass is 10.1. The number of amides is 1. The minimum absolute atomic E-state index is 0.164. The number of carbonyl (C=O) groups excluding carboxylic acids is 1. The Bertz CT molecular complexity index is 883. The molecule has 0 spiro atoms. The Morgan fingerprint density at radius 2 is 2.16 bits per heavy atom. The highest BCUT2D eigenvalue weighted by Crippen LogP contribution is 2.34. The standard InChI is InChI=1S/C18H17ClN4O2/c1-11-14(15-16-20-8-9-23(16)10-22-18(15)25-11)17(24)21-7-6-12-2-4-13(19)5-3-12/h2-5,10H,6-9H2,1H3,(H,21,24). The fourth-order valence-electron chi connectivity index (χ4n) is 3.08. The molecule has 0 saturated heterocycles. The summed E-state index contributed by atoms with van der Waals surface area (Å²) in [6, 6.07) is 7.61. The van der Waals surface area contributed by atoms with Crippen molar-refractivity contribution < 1.29 is 9.21 Å². The predicted molar refractivity (Wildman–Crippen MR) is 97.2 cm³/mol. The van der Waals surface area contributed by atoms with Gasteiger partial charge in [0, 0.05) is 18.1 Å². The van der Waals surface area contributed by atoms with Crippen molar-refractivity contribution in [3.8, 4) is 0 Å². The van der Waals surface area contributed by atoms with Crippen LogP contribution < -0.4 is 5.32 Å². The van der Waals surface area contributed by atoms with Gasteiger partial charge >= 0.3 is 0 Å². The van der Waals surface area contributed by atoms with E-state index >= 15 is 0 Å². The van der Waals surface area contributed by atoms with Gasteiger partial charge in [0.1, 0.15) is 17.9 Å². The molecule has 0 radical (unpaired) electrons. The fourth-order valence-corrected chi connectivity index (χ4v) is 3.21. The number of rotatable bonds is 4. The highest BCUT2D eigenvalue weighted by molar-refractivity contribution is 6.30. The van der Waals surface area contributed by atoms with Crippen LogP contribution in [0.5, 0.6) is 0 Å². The number of aryl methyl sites for hydroxylation is 1. The van der Waals surface area contributed by atoms with Crippen LogP contribution in [0.1, 0.15) is 27.2 Å². The number of benzene rings is 1. The number of carbonyl (C=O) groups is 1. The van der Waals surface area contributed by atoms with Gasteiger partial charge in [0.25, 0.3) is 5.91 Å². The molecule has 4 rings (SSSR count). The molecule has 0 saturated carbocycles. The average molecular weight is 357 g/mol. The van der Waals surface area contributed by atoms with Gasteiger partial charge in [-0.3, -0.25) is 9.79 Å². The number of aliphatic imine (C=N–C) groups is 2. The number of halogens is 1. The zero-order valence-corrected chi connectivity index (χ0v) is 14.5. The summed E-state index contributed by atoms with van der Waals surface area (Å²) in [6.45, 7) is 3.78. The Morgan fingerprint density at radius 3 is 2.96 bits per heavy atom. The van der Waals surface area contributed by atoms with Crippen molar-refractivity contribution in [2.75, 3.05) is 19.6 Å². The maximum absolute atomic E-state index is 12.7. The van der Waals surface area contributed by atoms with E-state index < -0.39 is 0 Å². The highest BCUT2D eigenvalue weighted by Gasteiger charge is 2.33. The van der Waals surface area contributed by atoms with Crippen LogP contribution in [-0.4, -0.2) is 42.6 Å². The van der Waals surface area contributed by atoms with E-state index in [1.807, 2.05) is 29.2 Å². The Morgan fingerprint density at radius 1 is 1.36 bits per heavy atom. The number of amidine groups is 1. The first-order valence-electron chi connectivity index (χ1n) is 8.15. The van der Waals surface area contributed by atoms with E-state index in [9.17, 15) is 4.79 Å². The lowest BCUT2D eigenvalue weighted by Gasteiger charge is -2.18. The van der Waals surface area contributed by atoms with Crippen LogP contribution in [0.15, 0.2) is 38.7 Å². The van der Waals surface area contributed by atoms with Crippen molar-refractivity contribution >= 4 is 35.6 Å². The van der Waals surface area contributed by atoms with Crippen molar-refractivity contribution in [3.63, 3.8) is 0 Å². The molecular weight excluding hydrogens is 340 g/mol. The van der Waals surface area contributed by atoms with E-state index in [-0.39, 0.29) is 5.91 Å². The molecule has 1 aromatic heterocycles. The summed E-state index contributed by atoms with van der Waals surface area (Å²) < 4.78 is 5.66. The Balaban J connectivity index is 1.50. The van der Waals surface area contributed by atoms with Gasteiger partial charge in [0.15, 0.2) is 0 Å². The number of nitrogens with zero attached hydrogens (tertiary/aromatic N) is 3. The van der Waals surface area contributed by atoms with Gasteiger partial charge in [-0.1, -0.05) is 23.7 Å². The first-order valence-corrected chi connectivity index (χ1v) is 8.53. The topological polar surface area (TPSA) is 70.2 Å². The molecule has 6 nitrogen and oxygen atoms in total. The van der Waals surface area contributed by atoms with Crippen LogP contribution in [0, 0.1) is 6.92 Å². The van der Waals surface area contributed by atoms with Crippen LogP contribution in [0.3, 0.4) is 0 Å². The molecule has 0 unspecified atom stereocenters. The second-order valence-corrected chi connectivity index (χ2v) is 6.43. The molecule has 7 heteroatoms. The predicted octanol–water partition coefficient (Wildman–Crippen LogP) is 2.95. The van der Waals surface area contributed by atoms with E-state index in [1.54, 1.807) is 13.3 Å². The van der Waals surface area contributed by atoms with E-state index in [1.165, 1.54) is 0 Å². The summed E-state index contributed by atoms with van der Waals surface area (Å²) in [6.07, 6.45) is 2.44. The Kier molecular flexibility index (Phi) is 4.05. The summed E-state index contributed by atoms with van der Waals surface area (Å²) >= 11 is 5.89. The summed E-state index contributed by atoms with van der Waals surface area (Å²) in [5.74, 6) is 1.62. The van der Waals surface area contributed by atoms with Crippen LogP contribution >= 0.6 is 11.6 Å². The molecule has 1 N–H and O–H groups in total. The summed E-state index contributed by atoms with van der Waals surface area (Å²) in [7, 11) is 0. The maximum Gasteiger partial charge on any atom is 0.255 e. The Labute approximate surface area is 150 Å². The molecule has 1 amide bonds. The average Bonchev–Trinajstić information content (AvgIpc) is 3.19. The summed E-state index contributed by atoms with van der Waals surface area (Å²) in [5, 5.41) is 3.67. The number of furan rings is 1. The van der Waals surface area contributed by atoms with Crippen LogP contribution in [0.2, 0.25) is 5.02 Å². The van der Waals surface area contributed by atoms with Gasteiger partial charge in [-0.2, -0.15) is 0 Å². The van der Waals surface area contributed by atoms with Gasteiger partial charge in [-0.25, -0.2) is 4.99 Å². The van der Waals surface area contributed by atoms with Crippen molar-refractivity contribution in [2.24, 2.45) is 9.98 Å². The van der Waals surface area contributed by atoms with Gasteiger partial charge in [-0.05, 0) is 31.0 Å². The second-order valence-electron chi connectivity index (χ2n) is 5.99. The molecular formula is C18H17ClN4O2. The van der Waals surface area contributed by atoms with Crippen molar-refractivity contribution in [1.82, 2.24) is 10.2 Å². The molecule has 2 aromatic rings. The van der Waals surface area contributed by atoms with Crippen LogP contribution in [0.25, 0.3) is 0 Å². The number of hydrogen-bond acceptors (Lipinski definition) is 5. The third-order valence-electron chi connectivity index (χ3n) is 4.32. The lowest BCUT2D eigenvalue weighted by molar-refractivity contribution is 0.0952. The quantitative estimate of drug-likeness (QED) is 0.915. The minimum atomic E-state index is -0.164. The molecule has 0 aliphatic carbocycles. The van der Waals surface area contributed by atoms with Crippen LogP contribution in [0.4, 0.5) is 5.88 Å². The van der Waals surface area contributed by atoms with Crippen LogP contribution in [-0.2, 0) is 6.42 Å². The first kappa shape index (κ1) is 15.9. The van der Waals surface area contributed by atoms with Gasteiger partial charge in [0.2, 0.25) is 5.88 Å². The zero-order valence-electron chi connectivity index (χ0n) is 13.8. The monoisotopic (exact) mass is 356 g/mol. The van der Waals surface area contributed by atoms with E-state index in [4.69, 9.17) is 16.0 Å². The molecule has 25 heavy (non-hydrogen) atoms. The zero-order chi connectivity index (χ0) is 17.4. The highest BCUT2D eigenvalue weighted by atomic mass is 35.5. The number of hydrogen-bond donors (Lipinski definition) is 1. The second kappa shape index (κ2) is 6.37. The minimum Gasteiger partial charge on any atom is -0.442 e. The van der Waals surface area contributed by atoms with Gasteiger partial charge in [-0.15, -0.1) is 0 Å². The molecule has 0 atom stereocenters. The maximum atomic E-state index is 12.7. The molecule has 0 fully saturated rings. The fraction of sp³-hybridized carbons (Fsp3) is 0.278. The van der Waals surface area contributed by atoms with E-state index in [0.717, 1.165) is 24.4 Å². The summed E-state index contributed by atoms with van der Waals surface area (Å²) in [4.78, 5) is 23.4. The lowest BCUT2D eigenvalue weighted by Crippen LogP contribution is -2.32. The molecule has 2 aliphatic rings. The molecule has 3 heterocycles. The largest absolute Gasteiger partial charge is 0.442 e. The molecule has 2 aliphatic heterocycles. The molecule has 1 aromatic carbocycles. The molecule has 128 valence electrons. The van der Waals surface area contributed by atoms with E-state index in [0.29, 0.717) is 40.9 Å². The SMILES string of the molecule is Cc1oc2c(c1C(=O)NCCc1ccc(Cl)cc1)C1=NCCN1C=N2. The van der Waals surface area contributed by atoms with Crippen molar-refractivity contribution in [3.05, 3.63) is 51.7 Å². The van der Waals surface area contributed by atoms with E-state index in [2.05, 4.69) is 15.3 Å². The number of nitrogens with one attached hydrogen (secondary N) is 1. The normalized spacial score (nSPS) is 15.0. The summed E-state index contributed by atoms with van der Waals surface area (Å²) in [5.41, 5.74) is 2.33. The smallest absolute Gasteiger partial charge is 0.255 e. The Hall–Kier alpha value is -2.60. The van der Waals surface area contributed by atoms with Gasteiger partial charge in [0.05, 0.1) is 17.7 Å². The third-order valence-corrected chi connectivity index (χ3v) is 4.57.